The van der Waals surface area contributed by atoms with Crippen molar-refractivity contribution in [3.63, 3.8) is 0 Å². The molecule has 0 saturated heterocycles. The number of carbonyl (C=O) groups excluding carboxylic acids is 1. The highest BCUT2D eigenvalue weighted by Gasteiger charge is 2.17. The molecule has 1 N–H and O–H groups in total. The van der Waals surface area contributed by atoms with Gasteiger partial charge in [-0.1, -0.05) is 43.2 Å². The Morgan fingerprint density at radius 2 is 1.91 bits per heavy atom. The summed E-state index contributed by atoms with van der Waals surface area (Å²) in [6.45, 7) is 0.559. The minimum atomic E-state index is -0.117. The van der Waals surface area contributed by atoms with E-state index in [0.29, 0.717) is 18.3 Å². The van der Waals surface area contributed by atoms with Gasteiger partial charge in [-0.15, -0.1) is 0 Å². The van der Waals surface area contributed by atoms with Gasteiger partial charge < -0.3 is 10.2 Å². The van der Waals surface area contributed by atoms with Crippen LogP contribution in [0.25, 0.3) is 0 Å². The quantitative estimate of drug-likeness (QED) is 0.922. The highest BCUT2D eigenvalue weighted by Crippen LogP contribution is 2.21. The Bertz CT molecular complexity index is 636. The molecule has 1 aromatic carbocycles. The maximum absolute atomic E-state index is 12.4. The molecule has 0 spiro atoms. The molecule has 0 unspecified atom stereocenters. The number of hydrogen-bond acceptors (Lipinski definition) is 4. The molecule has 1 aliphatic rings. The van der Waals surface area contributed by atoms with E-state index in [1.165, 1.54) is 25.7 Å². The van der Waals surface area contributed by atoms with Crippen LogP contribution in [0.1, 0.15) is 41.7 Å². The third kappa shape index (κ3) is 4.06. The standard InChI is InChI=1S/C18H22N4O/c1-22(13-14-7-3-2-4-8-14)18(23)16-11-20-17(12-19-16)21-15-9-5-6-10-15/h2-4,7-8,11-12,15H,5-6,9-10,13H2,1H3,(H,20,21). The second kappa shape index (κ2) is 7.22. The molecule has 23 heavy (non-hydrogen) atoms. The van der Waals surface area contributed by atoms with Gasteiger partial charge in [0.2, 0.25) is 0 Å². The molecule has 0 radical (unpaired) electrons. The van der Waals surface area contributed by atoms with Crippen molar-refractivity contribution in [3.8, 4) is 0 Å². The fourth-order valence-corrected chi connectivity index (χ4v) is 2.92. The van der Waals surface area contributed by atoms with Crippen molar-refractivity contribution in [3.05, 3.63) is 54.0 Å². The maximum atomic E-state index is 12.4. The van der Waals surface area contributed by atoms with Crippen LogP contribution in [0.5, 0.6) is 0 Å². The first-order valence-electron chi connectivity index (χ1n) is 8.10. The van der Waals surface area contributed by atoms with E-state index in [9.17, 15) is 4.79 Å². The van der Waals surface area contributed by atoms with Gasteiger partial charge in [0.25, 0.3) is 5.91 Å². The summed E-state index contributed by atoms with van der Waals surface area (Å²) in [6, 6.07) is 10.4. The van der Waals surface area contributed by atoms with Crippen molar-refractivity contribution in [1.82, 2.24) is 14.9 Å². The molecule has 0 atom stereocenters. The second-order valence-corrected chi connectivity index (χ2v) is 6.06. The van der Waals surface area contributed by atoms with Gasteiger partial charge in [0.1, 0.15) is 11.5 Å². The number of hydrogen-bond donors (Lipinski definition) is 1. The van der Waals surface area contributed by atoms with E-state index in [0.717, 1.165) is 11.4 Å². The van der Waals surface area contributed by atoms with E-state index < -0.39 is 0 Å². The minimum Gasteiger partial charge on any atom is -0.366 e. The van der Waals surface area contributed by atoms with Crippen molar-refractivity contribution in [2.75, 3.05) is 12.4 Å². The summed E-state index contributed by atoms with van der Waals surface area (Å²) in [5.41, 5.74) is 1.47. The van der Waals surface area contributed by atoms with Crippen molar-refractivity contribution in [2.45, 2.75) is 38.3 Å². The van der Waals surface area contributed by atoms with Gasteiger partial charge in [-0.3, -0.25) is 4.79 Å². The van der Waals surface area contributed by atoms with Crippen LogP contribution in [0.15, 0.2) is 42.7 Å². The maximum Gasteiger partial charge on any atom is 0.274 e. The Morgan fingerprint density at radius 1 is 1.17 bits per heavy atom. The van der Waals surface area contributed by atoms with Gasteiger partial charge in [0.05, 0.1) is 12.4 Å². The van der Waals surface area contributed by atoms with Gasteiger partial charge in [-0.25, -0.2) is 9.97 Å². The Labute approximate surface area is 136 Å². The summed E-state index contributed by atoms with van der Waals surface area (Å²) in [7, 11) is 1.78. The molecule has 2 aromatic rings. The van der Waals surface area contributed by atoms with Crippen LogP contribution < -0.4 is 5.32 Å². The van der Waals surface area contributed by atoms with E-state index in [1.807, 2.05) is 30.3 Å². The zero-order chi connectivity index (χ0) is 16.1. The first-order valence-corrected chi connectivity index (χ1v) is 8.10. The number of nitrogens with one attached hydrogen (secondary N) is 1. The zero-order valence-corrected chi connectivity index (χ0v) is 13.4. The second-order valence-electron chi connectivity index (χ2n) is 6.06. The molecule has 0 bridgehead atoms. The summed E-state index contributed by atoms with van der Waals surface area (Å²) < 4.78 is 0. The number of aromatic nitrogens is 2. The third-order valence-electron chi connectivity index (χ3n) is 4.19. The molecule has 1 saturated carbocycles. The predicted molar refractivity (Wildman–Crippen MR) is 90.2 cm³/mol. The SMILES string of the molecule is CN(Cc1ccccc1)C(=O)c1cnc(NC2CCCC2)cn1. The summed E-state index contributed by atoms with van der Waals surface area (Å²) in [6.07, 6.45) is 8.12. The van der Waals surface area contributed by atoms with Crippen LogP contribution >= 0.6 is 0 Å². The lowest BCUT2D eigenvalue weighted by molar-refractivity contribution is 0.0779. The minimum absolute atomic E-state index is 0.117. The van der Waals surface area contributed by atoms with E-state index in [1.54, 1.807) is 24.3 Å². The van der Waals surface area contributed by atoms with Crippen molar-refractivity contribution < 1.29 is 4.79 Å². The van der Waals surface area contributed by atoms with Crippen LogP contribution in [0, 0.1) is 0 Å². The third-order valence-corrected chi connectivity index (χ3v) is 4.19. The summed E-state index contributed by atoms with van der Waals surface area (Å²) >= 11 is 0. The zero-order valence-electron chi connectivity index (χ0n) is 13.4. The van der Waals surface area contributed by atoms with Gasteiger partial charge >= 0.3 is 0 Å². The van der Waals surface area contributed by atoms with Gasteiger partial charge in [0.15, 0.2) is 0 Å². The lowest BCUT2D eigenvalue weighted by Gasteiger charge is -2.17. The normalized spacial score (nSPS) is 14.7. The van der Waals surface area contributed by atoms with E-state index in [2.05, 4.69) is 15.3 Å². The smallest absolute Gasteiger partial charge is 0.274 e. The van der Waals surface area contributed by atoms with E-state index in [4.69, 9.17) is 0 Å². The Morgan fingerprint density at radius 3 is 2.57 bits per heavy atom. The number of rotatable bonds is 5. The fraction of sp³-hybridized carbons (Fsp3) is 0.389. The first-order chi connectivity index (χ1) is 11.2. The molecule has 3 rings (SSSR count). The van der Waals surface area contributed by atoms with Crippen molar-refractivity contribution >= 4 is 11.7 Å². The van der Waals surface area contributed by atoms with Gasteiger partial charge in [0, 0.05) is 19.6 Å². The van der Waals surface area contributed by atoms with Gasteiger partial charge in [-0.2, -0.15) is 0 Å². The molecule has 1 heterocycles. The molecular formula is C18H22N4O. The number of benzene rings is 1. The molecule has 120 valence electrons. The number of nitrogens with zero attached hydrogens (tertiary/aromatic N) is 3. The van der Waals surface area contributed by atoms with Crippen molar-refractivity contribution in [1.29, 1.82) is 0 Å². The molecule has 1 amide bonds. The molecule has 5 nitrogen and oxygen atoms in total. The van der Waals surface area contributed by atoms with Crippen LogP contribution in [0.2, 0.25) is 0 Å². The largest absolute Gasteiger partial charge is 0.366 e. The summed E-state index contributed by atoms with van der Waals surface area (Å²) in [5, 5.41) is 3.38. The predicted octanol–water partition coefficient (Wildman–Crippen LogP) is 3.10. The Hall–Kier alpha value is -2.43. The van der Waals surface area contributed by atoms with Crippen LogP contribution in [-0.4, -0.2) is 33.9 Å². The molecule has 1 aromatic heterocycles. The molecule has 1 aliphatic carbocycles. The molecule has 5 heteroatoms. The fourth-order valence-electron chi connectivity index (χ4n) is 2.92. The van der Waals surface area contributed by atoms with Crippen molar-refractivity contribution in [2.24, 2.45) is 0 Å². The highest BCUT2D eigenvalue weighted by molar-refractivity contribution is 5.91. The Balaban J connectivity index is 1.60. The highest BCUT2D eigenvalue weighted by atomic mass is 16.2. The monoisotopic (exact) mass is 310 g/mol. The number of amides is 1. The summed E-state index contributed by atoms with van der Waals surface area (Å²) in [5.74, 6) is 0.632. The average Bonchev–Trinajstić information content (AvgIpc) is 3.09. The van der Waals surface area contributed by atoms with Crippen LogP contribution in [0.3, 0.4) is 0 Å². The lowest BCUT2D eigenvalue weighted by atomic mass is 10.2. The topological polar surface area (TPSA) is 58.1 Å². The molecule has 1 fully saturated rings. The number of anilines is 1. The van der Waals surface area contributed by atoms with E-state index >= 15 is 0 Å². The van der Waals surface area contributed by atoms with Gasteiger partial charge in [-0.05, 0) is 18.4 Å². The Kier molecular flexibility index (Phi) is 4.86. The number of carbonyl (C=O) groups is 1. The first kappa shape index (κ1) is 15.5. The average molecular weight is 310 g/mol. The van der Waals surface area contributed by atoms with E-state index in [-0.39, 0.29) is 5.91 Å². The van der Waals surface area contributed by atoms with Crippen LogP contribution in [-0.2, 0) is 6.54 Å². The summed E-state index contributed by atoms with van der Waals surface area (Å²) in [4.78, 5) is 22.7. The lowest BCUT2D eigenvalue weighted by Crippen LogP contribution is -2.27. The molecule has 0 aliphatic heterocycles. The van der Waals surface area contributed by atoms with Crippen LogP contribution in [0.4, 0.5) is 5.82 Å². The molecular weight excluding hydrogens is 288 g/mol.